The van der Waals surface area contributed by atoms with E-state index in [1.165, 1.54) is 6.08 Å². The average molecular weight is 467 g/mol. The molecule has 1 amide bonds. The number of benzene rings is 2. The molecule has 1 heterocycles. The third kappa shape index (κ3) is 5.78. The zero-order valence-corrected chi connectivity index (χ0v) is 19.2. The summed E-state index contributed by atoms with van der Waals surface area (Å²) >= 11 is 12.1. The number of hydrogen-bond donors (Lipinski definition) is 0. The van der Waals surface area contributed by atoms with Crippen LogP contribution in [0.15, 0.2) is 48.5 Å². The summed E-state index contributed by atoms with van der Waals surface area (Å²) in [4.78, 5) is 16.7. The molecule has 1 saturated heterocycles. The van der Waals surface area contributed by atoms with Crippen molar-refractivity contribution in [1.29, 1.82) is 0 Å². The molecule has 0 bridgehead atoms. The first-order valence-corrected chi connectivity index (χ1v) is 12.1. The number of rotatable bonds is 6. The first-order valence-electron chi connectivity index (χ1n) is 9.55. The minimum absolute atomic E-state index is 0.00986. The number of anilines is 1. The second-order valence-electron chi connectivity index (χ2n) is 7.58. The van der Waals surface area contributed by atoms with Crippen molar-refractivity contribution in [2.24, 2.45) is 0 Å². The number of hydrogen-bond acceptors (Lipinski definition) is 4. The monoisotopic (exact) mass is 466 g/mol. The molecule has 1 aliphatic heterocycles. The van der Waals surface area contributed by atoms with E-state index >= 15 is 0 Å². The fourth-order valence-electron chi connectivity index (χ4n) is 3.40. The standard InChI is InChI=1S/C22H24Cl2N2O3S/c1-25(2)19-8-3-16(4-9-19)14-26(20-11-12-30(28,29)15-20)22(27)10-6-17-5-7-18(23)13-21(17)24/h3-10,13,20H,11-12,14-15H2,1-2H3/b10-6+. The van der Waals surface area contributed by atoms with E-state index in [0.29, 0.717) is 28.6 Å². The molecule has 0 saturated carbocycles. The first-order chi connectivity index (χ1) is 14.1. The van der Waals surface area contributed by atoms with E-state index in [-0.39, 0.29) is 23.5 Å². The van der Waals surface area contributed by atoms with Gasteiger partial charge in [-0.25, -0.2) is 8.42 Å². The Morgan fingerprint density at radius 1 is 1.13 bits per heavy atom. The lowest BCUT2D eigenvalue weighted by Crippen LogP contribution is -2.39. The number of carbonyl (C=O) groups is 1. The lowest BCUT2D eigenvalue weighted by Gasteiger charge is -2.27. The highest BCUT2D eigenvalue weighted by Gasteiger charge is 2.34. The smallest absolute Gasteiger partial charge is 0.247 e. The zero-order valence-electron chi connectivity index (χ0n) is 16.9. The third-order valence-corrected chi connectivity index (χ3v) is 7.42. The maximum absolute atomic E-state index is 13.0. The summed E-state index contributed by atoms with van der Waals surface area (Å²) in [6, 6.07) is 12.6. The Morgan fingerprint density at radius 2 is 1.83 bits per heavy atom. The van der Waals surface area contributed by atoms with Crippen LogP contribution in [0, 0.1) is 0 Å². The normalized spacial score (nSPS) is 17.9. The average Bonchev–Trinajstić information content (AvgIpc) is 3.05. The molecule has 0 N–H and O–H groups in total. The predicted octanol–water partition coefficient (Wildman–Crippen LogP) is 4.29. The van der Waals surface area contributed by atoms with Gasteiger partial charge in [-0.1, -0.05) is 41.4 Å². The van der Waals surface area contributed by atoms with Gasteiger partial charge in [-0.05, 0) is 47.9 Å². The molecule has 160 valence electrons. The lowest BCUT2D eigenvalue weighted by atomic mass is 10.1. The number of nitrogens with zero attached hydrogens (tertiary/aromatic N) is 2. The van der Waals surface area contributed by atoms with E-state index in [1.54, 1.807) is 29.2 Å². The third-order valence-electron chi connectivity index (χ3n) is 5.11. The summed E-state index contributed by atoms with van der Waals surface area (Å²) in [5.74, 6) is -0.155. The molecular weight excluding hydrogens is 443 g/mol. The van der Waals surface area contributed by atoms with E-state index in [9.17, 15) is 13.2 Å². The largest absolute Gasteiger partial charge is 0.378 e. The van der Waals surface area contributed by atoms with Crippen molar-refractivity contribution in [3.8, 4) is 0 Å². The van der Waals surface area contributed by atoms with Gasteiger partial charge in [0.1, 0.15) is 0 Å². The number of carbonyl (C=O) groups excluding carboxylic acids is 1. The molecule has 0 aromatic heterocycles. The summed E-state index contributed by atoms with van der Waals surface area (Å²) in [5.41, 5.74) is 2.66. The zero-order chi connectivity index (χ0) is 21.9. The number of halogens is 2. The van der Waals surface area contributed by atoms with Crippen molar-refractivity contribution in [3.05, 3.63) is 69.7 Å². The van der Waals surface area contributed by atoms with Crippen molar-refractivity contribution < 1.29 is 13.2 Å². The van der Waals surface area contributed by atoms with Gasteiger partial charge in [0.05, 0.1) is 11.5 Å². The molecule has 1 aliphatic rings. The van der Waals surface area contributed by atoms with Gasteiger partial charge < -0.3 is 9.80 Å². The Hall–Kier alpha value is -2.02. The topological polar surface area (TPSA) is 57.7 Å². The molecule has 8 heteroatoms. The van der Waals surface area contributed by atoms with Crippen LogP contribution in [0.4, 0.5) is 5.69 Å². The fourth-order valence-corrected chi connectivity index (χ4v) is 5.60. The number of amides is 1. The van der Waals surface area contributed by atoms with Crippen LogP contribution in [0.5, 0.6) is 0 Å². The Labute approximate surface area is 187 Å². The van der Waals surface area contributed by atoms with Crippen LogP contribution in [0.3, 0.4) is 0 Å². The van der Waals surface area contributed by atoms with Gasteiger partial charge in [0, 0.05) is 48.5 Å². The molecule has 0 radical (unpaired) electrons. The summed E-state index contributed by atoms with van der Waals surface area (Å²) in [6.45, 7) is 0.339. The Morgan fingerprint density at radius 3 is 2.40 bits per heavy atom. The first kappa shape index (κ1) is 22.7. The molecule has 0 spiro atoms. The summed E-state index contributed by atoms with van der Waals surface area (Å²) in [6.07, 6.45) is 3.51. The minimum Gasteiger partial charge on any atom is -0.378 e. The second-order valence-corrected chi connectivity index (χ2v) is 10.7. The molecule has 2 aromatic rings. The van der Waals surface area contributed by atoms with Gasteiger partial charge in [-0.2, -0.15) is 0 Å². The van der Waals surface area contributed by atoms with Crippen LogP contribution >= 0.6 is 23.2 Å². The Bertz CT molecular complexity index is 1050. The van der Waals surface area contributed by atoms with E-state index in [4.69, 9.17) is 23.2 Å². The minimum atomic E-state index is -3.12. The summed E-state index contributed by atoms with van der Waals surface area (Å²) < 4.78 is 24.0. The quantitative estimate of drug-likeness (QED) is 0.595. The van der Waals surface area contributed by atoms with Crippen LogP contribution in [0.1, 0.15) is 17.5 Å². The van der Waals surface area contributed by atoms with Crippen LogP contribution in [-0.4, -0.2) is 50.9 Å². The molecule has 3 rings (SSSR count). The van der Waals surface area contributed by atoms with Crippen LogP contribution in [0.2, 0.25) is 10.0 Å². The van der Waals surface area contributed by atoms with Gasteiger partial charge in [-0.15, -0.1) is 0 Å². The molecule has 1 atom stereocenters. The molecule has 5 nitrogen and oxygen atoms in total. The van der Waals surface area contributed by atoms with E-state index < -0.39 is 9.84 Å². The molecule has 0 aliphatic carbocycles. The maximum atomic E-state index is 13.0. The van der Waals surface area contributed by atoms with Crippen molar-refractivity contribution in [3.63, 3.8) is 0 Å². The van der Waals surface area contributed by atoms with Gasteiger partial charge in [-0.3, -0.25) is 4.79 Å². The van der Waals surface area contributed by atoms with Crippen molar-refractivity contribution in [2.75, 3.05) is 30.5 Å². The molecule has 1 unspecified atom stereocenters. The lowest BCUT2D eigenvalue weighted by molar-refractivity contribution is -0.128. The Kier molecular flexibility index (Phi) is 7.11. The van der Waals surface area contributed by atoms with Gasteiger partial charge in [0.2, 0.25) is 5.91 Å². The Balaban J connectivity index is 1.83. The highest BCUT2D eigenvalue weighted by molar-refractivity contribution is 7.91. The fraction of sp³-hybridized carbons (Fsp3) is 0.318. The molecule has 2 aromatic carbocycles. The molecule has 1 fully saturated rings. The van der Waals surface area contributed by atoms with Gasteiger partial charge in [0.15, 0.2) is 9.84 Å². The van der Waals surface area contributed by atoms with Crippen molar-refractivity contribution in [1.82, 2.24) is 4.90 Å². The highest BCUT2D eigenvalue weighted by atomic mass is 35.5. The van der Waals surface area contributed by atoms with Gasteiger partial charge in [0.25, 0.3) is 0 Å². The van der Waals surface area contributed by atoms with Crippen molar-refractivity contribution >= 4 is 50.7 Å². The molecular formula is C22H24Cl2N2O3S. The van der Waals surface area contributed by atoms with Crippen LogP contribution in [0.25, 0.3) is 6.08 Å². The van der Waals surface area contributed by atoms with Crippen LogP contribution < -0.4 is 4.90 Å². The van der Waals surface area contributed by atoms with E-state index in [1.807, 2.05) is 43.3 Å². The highest BCUT2D eigenvalue weighted by Crippen LogP contribution is 2.24. The maximum Gasteiger partial charge on any atom is 0.247 e. The van der Waals surface area contributed by atoms with E-state index in [0.717, 1.165) is 11.3 Å². The summed E-state index contributed by atoms with van der Waals surface area (Å²) in [7, 11) is 0.795. The molecule has 30 heavy (non-hydrogen) atoms. The van der Waals surface area contributed by atoms with Gasteiger partial charge >= 0.3 is 0 Å². The summed E-state index contributed by atoms with van der Waals surface area (Å²) in [5, 5.41) is 0.961. The number of sulfone groups is 1. The van der Waals surface area contributed by atoms with E-state index in [2.05, 4.69) is 0 Å². The predicted molar refractivity (Wildman–Crippen MR) is 124 cm³/mol. The van der Waals surface area contributed by atoms with Crippen LogP contribution in [-0.2, 0) is 21.2 Å². The second kappa shape index (κ2) is 9.41. The SMILES string of the molecule is CN(C)c1ccc(CN(C(=O)/C=C/c2ccc(Cl)cc2Cl)C2CCS(=O)(=O)C2)cc1. The van der Waals surface area contributed by atoms with Crippen molar-refractivity contribution in [2.45, 2.75) is 19.0 Å².